The smallest absolute Gasteiger partial charge is 0.122 e. The summed E-state index contributed by atoms with van der Waals surface area (Å²) >= 11 is 4.23. The lowest BCUT2D eigenvalue weighted by Gasteiger charge is -2.19. The van der Waals surface area contributed by atoms with Crippen LogP contribution >= 0.6 is 12.6 Å². The molecule has 82 valence electrons. The van der Waals surface area contributed by atoms with E-state index in [1.165, 1.54) is 11.3 Å². The maximum absolute atomic E-state index is 5.48. The molecule has 0 saturated carbocycles. The third-order valence-corrected chi connectivity index (χ3v) is 3.08. The number of benzene rings is 1. The predicted octanol–water partition coefficient (Wildman–Crippen LogP) is 2.38. The number of rotatable bonds is 4. The van der Waals surface area contributed by atoms with Gasteiger partial charge >= 0.3 is 0 Å². The third-order valence-electron chi connectivity index (χ3n) is 2.77. The Balaban J connectivity index is 2.08. The summed E-state index contributed by atoms with van der Waals surface area (Å²) < 4.78 is 5.48. The molecule has 3 heteroatoms. The zero-order valence-electron chi connectivity index (χ0n) is 9.07. The van der Waals surface area contributed by atoms with E-state index < -0.39 is 0 Å². The quantitative estimate of drug-likeness (QED) is 0.787. The van der Waals surface area contributed by atoms with Crippen molar-refractivity contribution < 1.29 is 4.74 Å². The van der Waals surface area contributed by atoms with E-state index in [0.29, 0.717) is 0 Å². The summed E-state index contributed by atoms with van der Waals surface area (Å²) in [5.41, 5.74) is 2.62. The van der Waals surface area contributed by atoms with Gasteiger partial charge in [0.2, 0.25) is 0 Å². The van der Waals surface area contributed by atoms with E-state index in [1.807, 2.05) is 0 Å². The van der Waals surface area contributed by atoms with Crippen LogP contribution in [0.3, 0.4) is 0 Å². The number of hydrogen-bond acceptors (Lipinski definition) is 3. The maximum Gasteiger partial charge on any atom is 0.122 e. The van der Waals surface area contributed by atoms with E-state index in [-0.39, 0.29) is 0 Å². The maximum atomic E-state index is 5.48. The Morgan fingerprint density at radius 1 is 1.47 bits per heavy atom. The molecule has 0 atom stereocenters. The minimum Gasteiger partial charge on any atom is -0.493 e. The van der Waals surface area contributed by atoms with Crippen LogP contribution in [0, 0.1) is 0 Å². The number of thiol groups is 1. The number of hydrogen-bond donors (Lipinski definition) is 1. The molecule has 0 bridgehead atoms. The van der Waals surface area contributed by atoms with Crippen LogP contribution in [0.2, 0.25) is 0 Å². The van der Waals surface area contributed by atoms with Gasteiger partial charge in [0.05, 0.1) is 6.61 Å². The lowest BCUT2D eigenvalue weighted by Crippen LogP contribution is -2.18. The van der Waals surface area contributed by atoms with Crippen LogP contribution in [0.5, 0.6) is 5.75 Å². The molecule has 0 aromatic heterocycles. The molecule has 0 spiro atoms. The van der Waals surface area contributed by atoms with Crippen molar-refractivity contribution in [1.82, 2.24) is 0 Å². The van der Waals surface area contributed by atoms with Gasteiger partial charge in [-0.3, -0.25) is 0 Å². The molecule has 0 N–H and O–H groups in total. The van der Waals surface area contributed by atoms with Gasteiger partial charge in [-0.15, -0.1) is 0 Å². The minimum atomic E-state index is 0.832. The second kappa shape index (κ2) is 4.79. The molecule has 0 radical (unpaired) electrons. The summed E-state index contributed by atoms with van der Waals surface area (Å²) in [7, 11) is 2.13. The van der Waals surface area contributed by atoms with Crippen molar-refractivity contribution in [2.45, 2.75) is 12.8 Å². The van der Waals surface area contributed by atoms with Crippen LogP contribution in [0.25, 0.3) is 0 Å². The zero-order valence-corrected chi connectivity index (χ0v) is 9.96. The van der Waals surface area contributed by atoms with Crippen molar-refractivity contribution >= 4 is 18.3 Å². The predicted molar refractivity (Wildman–Crippen MR) is 67.4 cm³/mol. The molecule has 1 aromatic carbocycles. The molecule has 15 heavy (non-hydrogen) atoms. The van der Waals surface area contributed by atoms with Crippen LogP contribution in [-0.4, -0.2) is 26.0 Å². The topological polar surface area (TPSA) is 12.5 Å². The van der Waals surface area contributed by atoms with Crippen molar-refractivity contribution in [3.8, 4) is 5.75 Å². The second-order valence-electron chi connectivity index (χ2n) is 3.89. The summed E-state index contributed by atoms with van der Waals surface area (Å²) in [4.78, 5) is 2.27. The van der Waals surface area contributed by atoms with E-state index in [0.717, 1.165) is 37.5 Å². The summed E-state index contributed by atoms with van der Waals surface area (Å²) in [6, 6.07) is 6.44. The van der Waals surface area contributed by atoms with Crippen LogP contribution in [-0.2, 0) is 6.42 Å². The van der Waals surface area contributed by atoms with Crippen LogP contribution in [0.1, 0.15) is 12.0 Å². The molecular formula is C12H17NOS. The van der Waals surface area contributed by atoms with Gasteiger partial charge in [-0.25, -0.2) is 0 Å². The van der Waals surface area contributed by atoms with Crippen molar-refractivity contribution in [1.29, 1.82) is 0 Å². The van der Waals surface area contributed by atoms with Crippen molar-refractivity contribution in [3.63, 3.8) is 0 Å². The molecule has 1 aromatic rings. The SMILES string of the molecule is CN(CCCS)c1ccc2c(c1)CCO2. The fraction of sp³-hybridized carbons (Fsp3) is 0.500. The van der Waals surface area contributed by atoms with Gasteiger partial charge < -0.3 is 9.64 Å². The summed E-state index contributed by atoms with van der Waals surface area (Å²) in [5, 5.41) is 0. The lowest BCUT2D eigenvalue weighted by atomic mass is 10.1. The van der Waals surface area contributed by atoms with E-state index in [1.54, 1.807) is 0 Å². The molecule has 0 fully saturated rings. The normalized spacial score (nSPS) is 13.5. The monoisotopic (exact) mass is 223 g/mol. The van der Waals surface area contributed by atoms with E-state index >= 15 is 0 Å². The molecule has 1 aliphatic heterocycles. The van der Waals surface area contributed by atoms with Crippen LogP contribution in [0.15, 0.2) is 18.2 Å². The highest BCUT2D eigenvalue weighted by Gasteiger charge is 2.12. The van der Waals surface area contributed by atoms with Crippen molar-refractivity contribution in [3.05, 3.63) is 23.8 Å². The first-order valence-electron chi connectivity index (χ1n) is 5.39. The van der Waals surface area contributed by atoms with E-state index in [2.05, 4.69) is 42.8 Å². The molecule has 0 aliphatic carbocycles. The molecule has 2 nitrogen and oxygen atoms in total. The largest absolute Gasteiger partial charge is 0.493 e. The molecule has 0 saturated heterocycles. The number of fused-ring (bicyclic) bond motifs is 1. The van der Waals surface area contributed by atoms with Crippen LogP contribution in [0.4, 0.5) is 5.69 Å². The van der Waals surface area contributed by atoms with Gasteiger partial charge in [0, 0.05) is 25.7 Å². The average Bonchev–Trinajstić information content (AvgIpc) is 2.72. The molecule has 1 heterocycles. The highest BCUT2D eigenvalue weighted by atomic mass is 32.1. The number of nitrogens with zero attached hydrogens (tertiary/aromatic N) is 1. The summed E-state index contributed by atoms with van der Waals surface area (Å²) in [6.45, 7) is 1.89. The minimum absolute atomic E-state index is 0.832. The van der Waals surface area contributed by atoms with E-state index in [9.17, 15) is 0 Å². The molecule has 0 unspecified atom stereocenters. The Labute approximate surface area is 96.6 Å². The van der Waals surface area contributed by atoms with Gasteiger partial charge in [-0.2, -0.15) is 12.6 Å². The Kier molecular flexibility index (Phi) is 3.41. The number of ether oxygens (including phenoxy) is 1. The summed E-state index contributed by atoms with van der Waals surface area (Å²) in [5.74, 6) is 2.00. The number of anilines is 1. The molecular weight excluding hydrogens is 206 g/mol. The zero-order chi connectivity index (χ0) is 10.7. The van der Waals surface area contributed by atoms with Crippen molar-refractivity contribution in [2.75, 3.05) is 30.9 Å². The van der Waals surface area contributed by atoms with E-state index in [4.69, 9.17) is 4.74 Å². The highest BCUT2D eigenvalue weighted by molar-refractivity contribution is 7.80. The second-order valence-corrected chi connectivity index (χ2v) is 4.34. The first-order chi connectivity index (χ1) is 7.31. The Bertz CT molecular complexity index is 340. The van der Waals surface area contributed by atoms with Crippen LogP contribution < -0.4 is 9.64 Å². The van der Waals surface area contributed by atoms with Gasteiger partial charge in [-0.05, 0) is 35.9 Å². The highest BCUT2D eigenvalue weighted by Crippen LogP contribution is 2.29. The molecule has 0 amide bonds. The standard InChI is InChI=1S/C12H17NOS/c1-13(6-2-8-15)11-3-4-12-10(9-11)5-7-14-12/h3-4,9,15H,2,5-8H2,1H3. The fourth-order valence-corrected chi connectivity index (χ4v) is 1.99. The Morgan fingerprint density at radius 3 is 3.13 bits per heavy atom. The molecule has 2 rings (SSSR count). The third kappa shape index (κ3) is 2.40. The Hall–Kier alpha value is -0.830. The van der Waals surface area contributed by atoms with Gasteiger partial charge in [0.15, 0.2) is 0 Å². The average molecular weight is 223 g/mol. The van der Waals surface area contributed by atoms with Gasteiger partial charge in [0.25, 0.3) is 0 Å². The lowest BCUT2D eigenvalue weighted by molar-refractivity contribution is 0.357. The van der Waals surface area contributed by atoms with Crippen molar-refractivity contribution in [2.24, 2.45) is 0 Å². The first-order valence-corrected chi connectivity index (χ1v) is 6.02. The fourth-order valence-electron chi connectivity index (χ4n) is 1.85. The van der Waals surface area contributed by atoms with Gasteiger partial charge in [-0.1, -0.05) is 0 Å². The van der Waals surface area contributed by atoms with Gasteiger partial charge in [0.1, 0.15) is 5.75 Å². The Morgan fingerprint density at radius 2 is 2.33 bits per heavy atom. The first kappa shape index (κ1) is 10.7. The molecule has 1 aliphatic rings. The summed E-state index contributed by atoms with van der Waals surface area (Å²) in [6.07, 6.45) is 2.16.